The van der Waals surface area contributed by atoms with Crippen molar-refractivity contribution in [2.24, 2.45) is 0 Å². The minimum absolute atomic E-state index is 0. The van der Waals surface area contributed by atoms with Gasteiger partial charge in [0.1, 0.15) is 5.78 Å². The van der Waals surface area contributed by atoms with Crippen molar-refractivity contribution in [3.05, 3.63) is 30.3 Å². The van der Waals surface area contributed by atoms with Crippen LogP contribution in [0.25, 0.3) is 0 Å². The van der Waals surface area contributed by atoms with E-state index >= 15 is 0 Å². The summed E-state index contributed by atoms with van der Waals surface area (Å²) in [5.74, 6) is -0.424. The summed E-state index contributed by atoms with van der Waals surface area (Å²) in [6.07, 6.45) is 0. The number of halogens is 1. The van der Waals surface area contributed by atoms with Crippen molar-refractivity contribution in [2.45, 2.75) is 43.1 Å². The van der Waals surface area contributed by atoms with Crippen molar-refractivity contribution < 1.29 is 9.46 Å². The van der Waals surface area contributed by atoms with Crippen LogP contribution in [-0.4, -0.2) is 20.3 Å². The third-order valence-corrected chi connectivity index (χ3v) is 7.21. The SMILES string of the molecule is CC1(C)NC(P(=O)(O)c2ccccc2)C(C)(C)S1.Cl. The maximum Gasteiger partial charge on any atom is 0.247 e. The fraction of sp³-hybridized carbons (Fsp3) is 0.538. The zero-order valence-corrected chi connectivity index (χ0v) is 14.1. The average molecular weight is 322 g/mol. The van der Waals surface area contributed by atoms with Gasteiger partial charge in [0.25, 0.3) is 0 Å². The Morgan fingerprint density at radius 3 is 2.16 bits per heavy atom. The highest BCUT2D eigenvalue weighted by atomic mass is 35.5. The van der Waals surface area contributed by atoms with Crippen molar-refractivity contribution in [1.82, 2.24) is 5.32 Å². The molecule has 2 N–H and O–H groups in total. The third-order valence-electron chi connectivity index (χ3n) is 3.14. The molecule has 1 saturated heterocycles. The first-order valence-electron chi connectivity index (χ1n) is 6.01. The van der Waals surface area contributed by atoms with Gasteiger partial charge in [-0.15, -0.1) is 24.2 Å². The summed E-state index contributed by atoms with van der Waals surface area (Å²) in [6, 6.07) is 8.93. The zero-order valence-electron chi connectivity index (χ0n) is 11.6. The zero-order chi connectivity index (χ0) is 13.6. The predicted octanol–water partition coefficient (Wildman–Crippen LogP) is 3.18. The van der Waals surface area contributed by atoms with Crippen LogP contribution < -0.4 is 10.6 Å². The number of thioether (sulfide) groups is 1. The van der Waals surface area contributed by atoms with Gasteiger partial charge in [0.05, 0.1) is 4.87 Å². The maximum absolute atomic E-state index is 12.8. The molecule has 1 aromatic rings. The van der Waals surface area contributed by atoms with Crippen LogP contribution in [0.5, 0.6) is 0 Å². The predicted molar refractivity (Wildman–Crippen MR) is 85.8 cm³/mol. The lowest BCUT2D eigenvalue weighted by atomic mass is 10.2. The summed E-state index contributed by atoms with van der Waals surface area (Å²) >= 11 is 1.71. The van der Waals surface area contributed by atoms with Gasteiger partial charge < -0.3 is 4.89 Å². The van der Waals surface area contributed by atoms with Crippen molar-refractivity contribution in [1.29, 1.82) is 0 Å². The average Bonchev–Trinajstić information content (AvgIpc) is 2.48. The van der Waals surface area contributed by atoms with Crippen molar-refractivity contribution in [2.75, 3.05) is 0 Å². The van der Waals surface area contributed by atoms with Gasteiger partial charge in [-0.1, -0.05) is 18.2 Å². The molecule has 19 heavy (non-hydrogen) atoms. The van der Waals surface area contributed by atoms with Crippen molar-refractivity contribution in [3.63, 3.8) is 0 Å². The molecule has 0 radical (unpaired) electrons. The first-order valence-corrected chi connectivity index (χ1v) is 8.56. The van der Waals surface area contributed by atoms with Gasteiger partial charge in [-0.25, -0.2) is 0 Å². The van der Waals surface area contributed by atoms with Gasteiger partial charge >= 0.3 is 0 Å². The maximum atomic E-state index is 12.8. The Morgan fingerprint density at radius 2 is 1.74 bits per heavy atom. The van der Waals surface area contributed by atoms with Gasteiger partial charge in [0, 0.05) is 10.1 Å². The van der Waals surface area contributed by atoms with E-state index in [2.05, 4.69) is 5.32 Å². The smallest absolute Gasteiger partial charge is 0.247 e. The van der Waals surface area contributed by atoms with Crippen LogP contribution in [-0.2, 0) is 4.57 Å². The van der Waals surface area contributed by atoms with Crippen LogP contribution in [0.2, 0.25) is 0 Å². The number of rotatable bonds is 2. The Balaban J connectivity index is 0.00000180. The monoisotopic (exact) mass is 321 g/mol. The second kappa shape index (κ2) is 5.42. The molecule has 3 nitrogen and oxygen atoms in total. The number of nitrogens with one attached hydrogen (secondary N) is 1. The Labute approximate surface area is 125 Å². The van der Waals surface area contributed by atoms with Crippen LogP contribution >= 0.6 is 31.5 Å². The number of hydrogen-bond acceptors (Lipinski definition) is 3. The number of hydrogen-bond donors (Lipinski definition) is 2. The van der Waals surface area contributed by atoms with Gasteiger partial charge in [0.2, 0.25) is 7.37 Å². The molecular formula is C13H21ClNO2PS. The summed E-state index contributed by atoms with van der Waals surface area (Å²) in [5, 5.41) is 3.83. The highest BCUT2D eigenvalue weighted by molar-refractivity contribution is 8.02. The Hall–Kier alpha value is 0.01000. The molecule has 1 heterocycles. The number of benzene rings is 1. The van der Waals surface area contributed by atoms with Crippen LogP contribution in [0.1, 0.15) is 27.7 Å². The summed E-state index contributed by atoms with van der Waals surface area (Å²) in [6.45, 7) is 8.14. The molecule has 0 spiro atoms. The fourth-order valence-electron chi connectivity index (χ4n) is 2.55. The minimum atomic E-state index is -3.43. The van der Waals surface area contributed by atoms with Crippen molar-refractivity contribution >= 4 is 36.8 Å². The molecule has 0 bridgehead atoms. The summed E-state index contributed by atoms with van der Waals surface area (Å²) in [4.78, 5) is 10.4. The molecule has 6 heteroatoms. The Kier molecular flexibility index (Phi) is 4.87. The summed E-state index contributed by atoms with van der Waals surface area (Å²) < 4.78 is 12.5. The fourth-order valence-corrected chi connectivity index (χ4v) is 7.12. The lowest BCUT2D eigenvalue weighted by Gasteiger charge is -2.29. The van der Waals surface area contributed by atoms with Gasteiger partial charge in [-0.05, 0) is 39.8 Å². The molecule has 1 aliphatic rings. The van der Waals surface area contributed by atoms with E-state index in [0.717, 1.165) is 0 Å². The molecule has 0 amide bonds. The molecule has 0 saturated carbocycles. The van der Waals surface area contributed by atoms with Gasteiger partial charge in [-0.2, -0.15) is 0 Å². The molecule has 1 aliphatic heterocycles. The second-order valence-electron chi connectivity index (χ2n) is 5.72. The van der Waals surface area contributed by atoms with Gasteiger partial charge in [-0.3, -0.25) is 9.88 Å². The first kappa shape index (κ1) is 17.1. The Bertz CT molecular complexity index is 493. The van der Waals surface area contributed by atoms with E-state index in [-0.39, 0.29) is 22.0 Å². The standard InChI is InChI=1S/C13H20NO2PS.ClH/c1-12(2)11(14-13(3,4)18-12)17(15,16)10-8-6-5-7-9-10;/h5-9,11,14H,1-4H3,(H,15,16);1H. The Morgan fingerprint density at radius 1 is 1.21 bits per heavy atom. The van der Waals surface area contributed by atoms with Crippen LogP contribution in [0, 0.1) is 0 Å². The topological polar surface area (TPSA) is 49.3 Å². The summed E-state index contributed by atoms with van der Waals surface area (Å²) in [7, 11) is -3.43. The van der Waals surface area contributed by atoms with E-state index in [1.165, 1.54) is 0 Å². The second-order valence-corrected chi connectivity index (χ2v) is 10.3. The molecule has 2 atom stereocenters. The molecule has 0 aromatic heterocycles. The molecule has 2 unspecified atom stereocenters. The largest absolute Gasteiger partial charge is 0.340 e. The highest BCUT2D eigenvalue weighted by Gasteiger charge is 2.53. The van der Waals surface area contributed by atoms with E-state index in [4.69, 9.17) is 0 Å². The van der Waals surface area contributed by atoms with Crippen LogP contribution in [0.4, 0.5) is 0 Å². The van der Waals surface area contributed by atoms with E-state index in [0.29, 0.717) is 5.30 Å². The van der Waals surface area contributed by atoms with Crippen LogP contribution in [0.3, 0.4) is 0 Å². The van der Waals surface area contributed by atoms with E-state index in [1.807, 2.05) is 33.8 Å². The minimum Gasteiger partial charge on any atom is -0.340 e. The summed E-state index contributed by atoms with van der Waals surface area (Å²) in [5.41, 5.74) is 0. The molecule has 1 aromatic carbocycles. The van der Waals surface area contributed by atoms with Gasteiger partial charge in [0.15, 0.2) is 0 Å². The van der Waals surface area contributed by atoms with E-state index in [9.17, 15) is 9.46 Å². The molecule has 2 rings (SSSR count). The third kappa shape index (κ3) is 3.37. The molecular weight excluding hydrogens is 301 g/mol. The van der Waals surface area contributed by atoms with Crippen LogP contribution in [0.15, 0.2) is 30.3 Å². The highest BCUT2D eigenvalue weighted by Crippen LogP contribution is 2.58. The lowest BCUT2D eigenvalue weighted by Crippen LogP contribution is -2.42. The first-order chi connectivity index (χ1) is 8.15. The van der Waals surface area contributed by atoms with Crippen molar-refractivity contribution in [3.8, 4) is 0 Å². The van der Waals surface area contributed by atoms with E-state index in [1.54, 1.807) is 36.0 Å². The van der Waals surface area contributed by atoms with E-state index < -0.39 is 13.2 Å². The molecule has 0 aliphatic carbocycles. The quantitative estimate of drug-likeness (QED) is 0.821. The normalized spacial score (nSPS) is 27.3. The molecule has 1 fully saturated rings. The lowest BCUT2D eigenvalue weighted by molar-refractivity contribution is 0.426. The molecule has 108 valence electrons.